The second kappa shape index (κ2) is 9.15. The molecule has 0 fully saturated rings. The zero-order valence-corrected chi connectivity index (χ0v) is 23.9. The Morgan fingerprint density at radius 1 is 0.578 bits per heavy atom. The summed E-state index contributed by atoms with van der Waals surface area (Å²) in [6, 6.07) is 45.0. The molecule has 9 aromatic rings. The van der Waals surface area contributed by atoms with E-state index in [-0.39, 0.29) is 0 Å². The van der Waals surface area contributed by atoms with Crippen LogP contribution in [0.2, 0.25) is 0 Å². The molecule has 0 saturated carbocycles. The van der Waals surface area contributed by atoms with Crippen molar-refractivity contribution >= 4 is 66.0 Å². The van der Waals surface area contributed by atoms with E-state index in [1.54, 1.807) is 11.1 Å². The Balaban J connectivity index is 1.39. The molecule has 7 aromatic carbocycles. The SMILES string of the molecule is [2H]c1cccc2c(-c3ccccc3)nc(N3Oc4ccc5ccccc5c4-c4c3c3oc5ccccc5c3c3ccccc43)nc12. The molecule has 1 aliphatic rings. The van der Waals surface area contributed by atoms with Crippen molar-refractivity contribution < 1.29 is 10.6 Å². The van der Waals surface area contributed by atoms with Gasteiger partial charge >= 0.3 is 0 Å². The predicted octanol–water partition coefficient (Wildman–Crippen LogP) is 10.6. The first-order valence-corrected chi connectivity index (χ1v) is 14.9. The second-order valence-corrected chi connectivity index (χ2v) is 11.3. The number of anilines is 2. The molecule has 0 N–H and O–H groups in total. The van der Waals surface area contributed by atoms with Crippen molar-refractivity contribution in [1.82, 2.24) is 9.97 Å². The highest BCUT2D eigenvalue weighted by Gasteiger charge is 2.35. The number of hydrogen-bond donors (Lipinski definition) is 0. The monoisotopic (exact) mass is 578 g/mol. The first kappa shape index (κ1) is 23.3. The highest BCUT2D eigenvalue weighted by Crippen LogP contribution is 2.55. The predicted molar refractivity (Wildman–Crippen MR) is 182 cm³/mol. The molecule has 210 valence electrons. The normalized spacial score (nSPS) is 12.9. The van der Waals surface area contributed by atoms with E-state index in [1.165, 1.54) is 0 Å². The number of benzene rings is 7. The molecule has 5 heteroatoms. The van der Waals surface area contributed by atoms with Crippen molar-refractivity contribution in [2.45, 2.75) is 0 Å². The third-order valence-electron chi connectivity index (χ3n) is 8.79. The van der Waals surface area contributed by atoms with Crippen LogP contribution in [-0.2, 0) is 0 Å². The van der Waals surface area contributed by atoms with Crippen LogP contribution in [0.1, 0.15) is 1.37 Å². The van der Waals surface area contributed by atoms with Gasteiger partial charge in [-0.15, -0.1) is 5.06 Å². The summed E-state index contributed by atoms with van der Waals surface area (Å²) in [7, 11) is 0. The van der Waals surface area contributed by atoms with Crippen LogP contribution in [0.25, 0.3) is 76.8 Å². The van der Waals surface area contributed by atoms with Crippen molar-refractivity contribution in [3.05, 3.63) is 140 Å². The van der Waals surface area contributed by atoms with Crippen LogP contribution in [0.3, 0.4) is 0 Å². The van der Waals surface area contributed by atoms with Gasteiger partial charge in [0.15, 0.2) is 11.3 Å². The Kier molecular flexibility index (Phi) is 4.73. The Morgan fingerprint density at radius 2 is 1.29 bits per heavy atom. The fourth-order valence-corrected chi connectivity index (χ4v) is 6.86. The molecule has 0 radical (unpaired) electrons. The molecule has 10 rings (SSSR count). The van der Waals surface area contributed by atoms with Crippen LogP contribution in [-0.4, -0.2) is 9.97 Å². The van der Waals surface area contributed by atoms with Gasteiger partial charge in [-0.3, -0.25) is 0 Å². The summed E-state index contributed by atoms with van der Waals surface area (Å²) in [6.45, 7) is 0. The van der Waals surface area contributed by atoms with Crippen molar-refractivity contribution in [1.29, 1.82) is 0 Å². The summed E-state index contributed by atoms with van der Waals surface area (Å²) in [5.41, 5.74) is 6.40. The molecule has 1 aliphatic heterocycles. The molecule has 0 atom stereocenters. The standard InChI is InChI=1S/C40H23N3O2/c1-2-13-25(14-3-1)37-29-18-8-10-20-31(29)41-40(42-37)43-38-36(35-26-15-5-4-12-24(26)22-23-33(35)45-43)28-17-7-6-16-27(28)34-30-19-9-11-21-32(30)44-39(34)38/h1-23H/i20D. The third-order valence-corrected chi connectivity index (χ3v) is 8.79. The van der Waals surface area contributed by atoms with Gasteiger partial charge in [0.1, 0.15) is 11.3 Å². The highest BCUT2D eigenvalue weighted by atomic mass is 16.7. The van der Waals surface area contributed by atoms with E-state index in [4.69, 9.17) is 20.6 Å². The number of nitrogens with zero attached hydrogens (tertiary/aromatic N) is 3. The Hall–Kier alpha value is -6.20. The van der Waals surface area contributed by atoms with E-state index in [9.17, 15) is 0 Å². The van der Waals surface area contributed by atoms with Gasteiger partial charge in [0.2, 0.25) is 0 Å². The van der Waals surface area contributed by atoms with E-state index in [2.05, 4.69) is 60.7 Å². The molecule has 0 aliphatic carbocycles. The molecule has 0 saturated heterocycles. The molecule has 2 aromatic heterocycles. The molecular weight excluding hydrogens is 554 g/mol. The first-order valence-electron chi connectivity index (χ1n) is 15.4. The summed E-state index contributed by atoms with van der Waals surface area (Å²) in [5.74, 6) is 1.01. The van der Waals surface area contributed by atoms with Crippen LogP contribution in [0.5, 0.6) is 5.75 Å². The average molecular weight is 579 g/mol. The van der Waals surface area contributed by atoms with Gasteiger partial charge in [-0.25, -0.2) is 9.97 Å². The smallest absolute Gasteiger partial charge is 0.265 e. The molecule has 0 bridgehead atoms. The van der Waals surface area contributed by atoms with Crippen LogP contribution in [0.4, 0.5) is 11.6 Å². The lowest BCUT2D eigenvalue weighted by Crippen LogP contribution is -2.28. The van der Waals surface area contributed by atoms with Gasteiger partial charge in [-0.05, 0) is 39.7 Å². The lowest BCUT2D eigenvalue weighted by atomic mass is 9.89. The van der Waals surface area contributed by atoms with Crippen molar-refractivity contribution in [3.8, 4) is 28.1 Å². The van der Waals surface area contributed by atoms with E-state index in [0.29, 0.717) is 28.8 Å². The summed E-state index contributed by atoms with van der Waals surface area (Å²) in [4.78, 5) is 17.1. The minimum atomic E-state index is 0.314. The van der Waals surface area contributed by atoms with Crippen molar-refractivity contribution in [2.75, 3.05) is 5.06 Å². The largest absolute Gasteiger partial charge is 0.454 e. The molecule has 3 heterocycles. The van der Waals surface area contributed by atoms with Crippen LogP contribution in [0, 0.1) is 0 Å². The van der Waals surface area contributed by atoms with Gasteiger partial charge in [-0.1, -0.05) is 121 Å². The maximum absolute atomic E-state index is 8.83. The van der Waals surface area contributed by atoms with Crippen molar-refractivity contribution in [2.24, 2.45) is 0 Å². The fraction of sp³-hybridized carbons (Fsp3) is 0. The molecule has 5 nitrogen and oxygen atoms in total. The van der Waals surface area contributed by atoms with E-state index in [1.807, 2.05) is 66.7 Å². The summed E-state index contributed by atoms with van der Waals surface area (Å²) in [6.07, 6.45) is 0. The van der Waals surface area contributed by atoms with Gasteiger partial charge in [-0.2, -0.15) is 0 Å². The fourth-order valence-electron chi connectivity index (χ4n) is 6.86. The third kappa shape index (κ3) is 3.43. The number of furan rings is 1. The number of aromatic nitrogens is 2. The molecular formula is C40H23N3O2. The van der Waals surface area contributed by atoms with E-state index in [0.717, 1.165) is 71.4 Å². The Labute approximate surface area is 258 Å². The molecule has 0 amide bonds. The van der Waals surface area contributed by atoms with Gasteiger partial charge < -0.3 is 9.25 Å². The molecule has 0 unspecified atom stereocenters. The Morgan fingerprint density at radius 3 is 2.18 bits per heavy atom. The zero-order chi connectivity index (χ0) is 30.4. The minimum Gasteiger partial charge on any atom is -0.454 e. The van der Waals surface area contributed by atoms with E-state index < -0.39 is 0 Å². The maximum Gasteiger partial charge on any atom is 0.265 e. The second-order valence-electron chi connectivity index (χ2n) is 11.3. The minimum absolute atomic E-state index is 0.314. The summed E-state index contributed by atoms with van der Waals surface area (Å²) < 4.78 is 15.6. The number of rotatable bonds is 2. The molecule has 0 spiro atoms. The van der Waals surface area contributed by atoms with Crippen molar-refractivity contribution in [3.63, 3.8) is 0 Å². The summed E-state index contributed by atoms with van der Waals surface area (Å²) >= 11 is 0. The van der Waals surface area contributed by atoms with Crippen LogP contribution >= 0.6 is 0 Å². The first-order chi connectivity index (χ1) is 22.7. The zero-order valence-electron chi connectivity index (χ0n) is 24.9. The lowest BCUT2D eigenvalue weighted by Gasteiger charge is -2.32. The van der Waals surface area contributed by atoms with Gasteiger partial charge in [0, 0.05) is 32.8 Å². The lowest BCUT2D eigenvalue weighted by molar-refractivity contribution is 0.315. The average Bonchev–Trinajstić information content (AvgIpc) is 3.51. The summed E-state index contributed by atoms with van der Waals surface area (Å²) in [5, 5.41) is 8.92. The number of hydrogen-bond acceptors (Lipinski definition) is 5. The van der Waals surface area contributed by atoms with Crippen LogP contribution in [0.15, 0.2) is 144 Å². The van der Waals surface area contributed by atoms with Gasteiger partial charge in [0.05, 0.1) is 12.6 Å². The quantitative estimate of drug-likeness (QED) is 0.204. The van der Waals surface area contributed by atoms with Crippen LogP contribution < -0.4 is 9.90 Å². The Bertz CT molecular complexity index is 2700. The number of fused-ring (bicyclic) bond motifs is 13. The highest BCUT2D eigenvalue weighted by molar-refractivity contribution is 6.29. The maximum atomic E-state index is 8.83. The number of para-hydroxylation sites is 2. The molecule has 45 heavy (non-hydrogen) atoms. The van der Waals surface area contributed by atoms with Gasteiger partial charge in [0.25, 0.3) is 5.95 Å². The topological polar surface area (TPSA) is 51.4 Å². The van der Waals surface area contributed by atoms with E-state index >= 15 is 0 Å².